The van der Waals surface area contributed by atoms with Crippen molar-refractivity contribution in [3.8, 4) is 0 Å². The monoisotopic (exact) mass is 199 g/mol. The van der Waals surface area contributed by atoms with Gasteiger partial charge in [0, 0.05) is 17.9 Å². The Morgan fingerprint density at radius 1 is 1.21 bits per heavy atom. The first-order chi connectivity index (χ1) is 6.23. The van der Waals surface area contributed by atoms with Crippen molar-refractivity contribution in [1.82, 2.24) is 0 Å². The van der Waals surface area contributed by atoms with Crippen LogP contribution in [0.15, 0.2) is 0 Å². The van der Waals surface area contributed by atoms with Gasteiger partial charge in [0.15, 0.2) is 0 Å². The first-order valence-electron chi connectivity index (χ1n) is 5.52. The summed E-state index contributed by atoms with van der Waals surface area (Å²) in [5.41, 5.74) is 5.66. The molecule has 0 fully saturated rings. The van der Waals surface area contributed by atoms with Gasteiger partial charge in [-0.2, -0.15) is 0 Å². The Morgan fingerprint density at radius 2 is 1.71 bits per heavy atom. The lowest BCUT2D eigenvalue weighted by atomic mass is 9.86. The van der Waals surface area contributed by atoms with Crippen LogP contribution in [0.5, 0.6) is 0 Å². The molecule has 0 saturated carbocycles. The van der Waals surface area contributed by atoms with E-state index < -0.39 is 0 Å². The Kier molecular flexibility index (Phi) is 5.35. The van der Waals surface area contributed by atoms with Crippen LogP contribution in [0.3, 0.4) is 0 Å². The molecule has 0 bridgehead atoms. The maximum Gasteiger partial charge on any atom is 0.139 e. The van der Waals surface area contributed by atoms with Gasteiger partial charge in [0.25, 0.3) is 0 Å². The molecular weight excluding hydrogens is 174 g/mol. The van der Waals surface area contributed by atoms with Crippen molar-refractivity contribution in [3.05, 3.63) is 0 Å². The van der Waals surface area contributed by atoms with Crippen LogP contribution in [0.4, 0.5) is 0 Å². The largest absolute Gasteiger partial charge is 0.327 e. The van der Waals surface area contributed by atoms with Gasteiger partial charge in [0.05, 0.1) is 0 Å². The molecule has 2 heteroatoms. The summed E-state index contributed by atoms with van der Waals surface area (Å²) < 4.78 is 0. The molecule has 0 saturated heterocycles. The van der Waals surface area contributed by atoms with Gasteiger partial charge in [0.1, 0.15) is 5.78 Å². The van der Waals surface area contributed by atoms with Crippen molar-refractivity contribution in [2.24, 2.45) is 17.1 Å². The number of Topliss-reactive ketones (excluding diaryl/α,β-unsaturated/α-hetero) is 1. The standard InChI is InChI=1S/C12H25NO/c1-9(2)6-7-10(13)8-11(14)12(3,4)5/h9-10H,6-8,13H2,1-5H3/t10-/m1/s1. The first kappa shape index (κ1) is 13.6. The summed E-state index contributed by atoms with van der Waals surface area (Å²) in [7, 11) is 0. The number of nitrogens with two attached hydrogens (primary N) is 1. The Balaban J connectivity index is 3.83. The van der Waals surface area contributed by atoms with E-state index in [4.69, 9.17) is 5.73 Å². The minimum absolute atomic E-state index is 0.0455. The van der Waals surface area contributed by atoms with E-state index in [0.29, 0.717) is 12.3 Å². The highest BCUT2D eigenvalue weighted by molar-refractivity contribution is 5.84. The minimum Gasteiger partial charge on any atom is -0.327 e. The molecule has 14 heavy (non-hydrogen) atoms. The minimum atomic E-state index is -0.241. The lowest BCUT2D eigenvalue weighted by Crippen LogP contribution is -2.30. The fourth-order valence-corrected chi connectivity index (χ4v) is 1.19. The summed E-state index contributed by atoms with van der Waals surface area (Å²) in [4.78, 5) is 11.6. The average molecular weight is 199 g/mol. The molecule has 2 N–H and O–H groups in total. The van der Waals surface area contributed by atoms with Crippen LogP contribution >= 0.6 is 0 Å². The van der Waals surface area contributed by atoms with Crippen LogP contribution < -0.4 is 5.73 Å². The molecule has 0 aromatic rings. The third-order valence-corrected chi connectivity index (χ3v) is 2.40. The topological polar surface area (TPSA) is 43.1 Å². The lowest BCUT2D eigenvalue weighted by Gasteiger charge is -2.20. The third kappa shape index (κ3) is 6.14. The molecule has 0 amide bonds. The molecule has 0 unspecified atom stereocenters. The van der Waals surface area contributed by atoms with Gasteiger partial charge in [-0.25, -0.2) is 0 Å². The van der Waals surface area contributed by atoms with Crippen molar-refractivity contribution in [3.63, 3.8) is 0 Å². The predicted octanol–water partition coefficient (Wildman–Crippen LogP) is 2.76. The van der Waals surface area contributed by atoms with Crippen LogP contribution in [0.25, 0.3) is 0 Å². The number of carbonyl (C=O) groups is 1. The fraction of sp³-hybridized carbons (Fsp3) is 0.917. The van der Waals surface area contributed by atoms with Gasteiger partial charge in [-0.3, -0.25) is 4.79 Å². The van der Waals surface area contributed by atoms with Gasteiger partial charge >= 0.3 is 0 Å². The van der Waals surface area contributed by atoms with Crippen molar-refractivity contribution in [2.75, 3.05) is 0 Å². The van der Waals surface area contributed by atoms with Crippen LogP contribution in [0.1, 0.15) is 53.9 Å². The van der Waals surface area contributed by atoms with Crippen LogP contribution in [-0.4, -0.2) is 11.8 Å². The van der Waals surface area contributed by atoms with E-state index in [1.165, 1.54) is 0 Å². The van der Waals surface area contributed by atoms with Gasteiger partial charge < -0.3 is 5.73 Å². The molecule has 0 spiro atoms. The number of rotatable bonds is 5. The van der Waals surface area contributed by atoms with E-state index in [-0.39, 0.29) is 17.2 Å². The highest BCUT2D eigenvalue weighted by Gasteiger charge is 2.22. The summed E-state index contributed by atoms with van der Waals surface area (Å²) in [6, 6.07) is 0.0455. The summed E-state index contributed by atoms with van der Waals surface area (Å²) in [5, 5.41) is 0. The average Bonchev–Trinajstić information content (AvgIpc) is 1.99. The van der Waals surface area contributed by atoms with Crippen molar-refractivity contribution in [1.29, 1.82) is 0 Å². The van der Waals surface area contributed by atoms with Crippen LogP contribution in [0, 0.1) is 11.3 Å². The lowest BCUT2D eigenvalue weighted by molar-refractivity contribution is -0.126. The van der Waals surface area contributed by atoms with Gasteiger partial charge in [-0.1, -0.05) is 34.6 Å². The summed E-state index contributed by atoms with van der Waals surface area (Å²) in [6.45, 7) is 10.2. The molecular formula is C12H25NO. The Morgan fingerprint density at radius 3 is 2.07 bits per heavy atom. The molecule has 0 radical (unpaired) electrons. The first-order valence-corrected chi connectivity index (χ1v) is 5.52. The highest BCUT2D eigenvalue weighted by atomic mass is 16.1. The van der Waals surface area contributed by atoms with E-state index in [2.05, 4.69) is 13.8 Å². The highest BCUT2D eigenvalue weighted by Crippen LogP contribution is 2.19. The molecule has 2 nitrogen and oxygen atoms in total. The fourth-order valence-electron chi connectivity index (χ4n) is 1.19. The molecule has 0 aromatic carbocycles. The zero-order chi connectivity index (χ0) is 11.4. The molecule has 0 heterocycles. The van der Waals surface area contributed by atoms with Crippen LogP contribution in [0.2, 0.25) is 0 Å². The van der Waals surface area contributed by atoms with Crippen molar-refractivity contribution in [2.45, 2.75) is 59.9 Å². The third-order valence-electron chi connectivity index (χ3n) is 2.40. The van der Waals surface area contributed by atoms with Crippen molar-refractivity contribution >= 4 is 5.78 Å². The number of hydrogen-bond donors (Lipinski definition) is 1. The second kappa shape index (κ2) is 5.50. The summed E-state index contributed by atoms with van der Waals surface area (Å²) in [5.74, 6) is 0.944. The molecule has 1 atom stereocenters. The second-order valence-electron chi connectivity index (χ2n) is 5.61. The zero-order valence-corrected chi connectivity index (χ0v) is 10.3. The van der Waals surface area contributed by atoms with Gasteiger partial charge in [-0.05, 0) is 18.8 Å². The molecule has 0 aliphatic carbocycles. The number of carbonyl (C=O) groups excluding carboxylic acids is 1. The number of ketones is 1. The zero-order valence-electron chi connectivity index (χ0n) is 10.3. The quantitative estimate of drug-likeness (QED) is 0.740. The van der Waals surface area contributed by atoms with E-state index in [1.54, 1.807) is 0 Å². The molecule has 0 aliphatic heterocycles. The molecule has 0 aromatic heterocycles. The Labute approximate surface area is 88.3 Å². The molecule has 0 rings (SSSR count). The van der Waals surface area contributed by atoms with Crippen LogP contribution in [-0.2, 0) is 4.79 Å². The maximum atomic E-state index is 11.6. The Bertz CT molecular complexity index is 179. The normalized spacial score (nSPS) is 14.5. The summed E-state index contributed by atoms with van der Waals surface area (Å²) >= 11 is 0. The van der Waals surface area contributed by atoms with E-state index >= 15 is 0 Å². The van der Waals surface area contributed by atoms with Gasteiger partial charge in [-0.15, -0.1) is 0 Å². The van der Waals surface area contributed by atoms with Crippen molar-refractivity contribution < 1.29 is 4.79 Å². The SMILES string of the molecule is CC(C)CC[C@@H](N)CC(=O)C(C)(C)C. The second-order valence-corrected chi connectivity index (χ2v) is 5.61. The maximum absolute atomic E-state index is 11.6. The molecule has 0 aliphatic rings. The van der Waals surface area contributed by atoms with E-state index in [0.717, 1.165) is 12.8 Å². The van der Waals surface area contributed by atoms with E-state index in [9.17, 15) is 4.79 Å². The molecule has 84 valence electrons. The predicted molar refractivity (Wildman–Crippen MR) is 61.1 cm³/mol. The Hall–Kier alpha value is -0.370. The smallest absolute Gasteiger partial charge is 0.139 e. The van der Waals surface area contributed by atoms with Gasteiger partial charge in [0.2, 0.25) is 0 Å². The van der Waals surface area contributed by atoms with E-state index in [1.807, 2.05) is 20.8 Å². The number of hydrogen-bond acceptors (Lipinski definition) is 2. The summed E-state index contributed by atoms with van der Waals surface area (Å²) in [6.07, 6.45) is 2.59.